The topological polar surface area (TPSA) is 54.9 Å². The molecule has 4 aromatic rings. The fraction of sp³-hybridized carbons (Fsp3) is 0. The number of hydrogen-bond acceptors (Lipinski definition) is 3. The van der Waals surface area contributed by atoms with Crippen LogP contribution in [-0.2, 0) is 0 Å². The molecule has 4 rings (SSSR count). The average molecular weight is 299 g/mol. The van der Waals surface area contributed by atoms with Gasteiger partial charge in [-0.1, -0.05) is 30.3 Å². The van der Waals surface area contributed by atoms with Gasteiger partial charge < -0.3 is 5.32 Å². The molecule has 3 aromatic carbocycles. The van der Waals surface area contributed by atoms with E-state index in [0.717, 1.165) is 21.8 Å². The third kappa shape index (κ3) is 2.62. The maximum Gasteiger partial charge on any atom is 0.255 e. The summed E-state index contributed by atoms with van der Waals surface area (Å²) in [5.41, 5.74) is 2.89. The summed E-state index contributed by atoms with van der Waals surface area (Å²) in [7, 11) is 0. The van der Waals surface area contributed by atoms with Gasteiger partial charge in [-0.15, -0.1) is 0 Å². The first kappa shape index (κ1) is 13.4. The molecule has 4 heteroatoms. The van der Waals surface area contributed by atoms with E-state index in [0.29, 0.717) is 11.3 Å². The van der Waals surface area contributed by atoms with Gasteiger partial charge in [0.15, 0.2) is 0 Å². The largest absolute Gasteiger partial charge is 0.322 e. The highest BCUT2D eigenvalue weighted by Crippen LogP contribution is 2.18. The van der Waals surface area contributed by atoms with Crippen molar-refractivity contribution in [3.8, 4) is 0 Å². The minimum absolute atomic E-state index is 0.140. The number of benzene rings is 3. The van der Waals surface area contributed by atoms with E-state index in [2.05, 4.69) is 15.3 Å². The third-order valence-electron chi connectivity index (χ3n) is 3.74. The van der Waals surface area contributed by atoms with Crippen molar-refractivity contribution in [1.29, 1.82) is 0 Å². The van der Waals surface area contributed by atoms with Gasteiger partial charge in [-0.3, -0.25) is 14.8 Å². The second-order valence-electron chi connectivity index (χ2n) is 5.28. The van der Waals surface area contributed by atoms with Gasteiger partial charge in [0.2, 0.25) is 0 Å². The van der Waals surface area contributed by atoms with Gasteiger partial charge in [-0.25, -0.2) is 0 Å². The molecule has 0 aliphatic carbocycles. The van der Waals surface area contributed by atoms with Crippen LogP contribution in [0.5, 0.6) is 0 Å². The first-order valence-corrected chi connectivity index (χ1v) is 7.30. The molecule has 1 amide bonds. The summed E-state index contributed by atoms with van der Waals surface area (Å²) in [6.45, 7) is 0. The lowest BCUT2D eigenvalue weighted by atomic mass is 10.1. The number of fused-ring (bicyclic) bond motifs is 2. The number of nitrogens with one attached hydrogen (secondary N) is 1. The molecule has 0 spiro atoms. The monoisotopic (exact) mass is 299 g/mol. The Morgan fingerprint density at radius 2 is 1.57 bits per heavy atom. The average Bonchev–Trinajstić information content (AvgIpc) is 2.61. The summed E-state index contributed by atoms with van der Waals surface area (Å²) < 4.78 is 0. The van der Waals surface area contributed by atoms with Gasteiger partial charge in [0.1, 0.15) is 0 Å². The first-order chi connectivity index (χ1) is 11.3. The standard InChI is InChI=1S/C19H13N3O/c23-19(15-6-5-13-3-1-2-4-14(13)11-15)22-16-7-8-17-18(12-16)21-10-9-20-17/h1-12H,(H,22,23). The van der Waals surface area contributed by atoms with Crippen molar-refractivity contribution in [2.75, 3.05) is 5.32 Å². The van der Waals surface area contributed by atoms with E-state index in [1.807, 2.05) is 60.7 Å². The Balaban J connectivity index is 1.64. The Hall–Kier alpha value is -3.27. The van der Waals surface area contributed by atoms with Crippen molar-refractivity contribution in [2.45, 2.75) is 0 Å². The van der Waals surface area contributed by atoms with Gasteiger partial charge in [0.05, 0.1) is 11.0 Å². The summed E-state index contributed by atoms with van der Waals surface area (Å²) in [6.07, 6.45) is 3.28. The molecule has 0 fully saturated rings. The van der Waals surface area contributed by atoms with Crippen LogP contribution < -0.4 is 5.32 Å². The van der Waals surface area contributed by atoms with Crippen LogP contribution in [0.15, 0.2) is 73.1 Å². The maximum absolute atomic E-state index is 12.4. The number of anilines is 1. The number of aromatic nitrogens is 2. The second kappa shape index (κ2) is 5.50. The Morgan fingerprint density at radius 3 is 2.43 bits per heavy atom. The second-order valence-corrected chi connectivity index (χ2v) is 5.28. The lowest BCUT2D eigenvalue weighted by molar-refractivity contribution is 0.102. The maximum atomic E-state index is 12.4. The molecule has 1 N–H and O–H groups in total. The molecule has 4 nitrogen and oxygen atoms in total. The minimum atomic E-state index is -0.140. The predicted octanol–water partition coefficient (Wildman–Crippen LogP) is 4.04. The number of rotatable bonds is 2. The zero-order valence-electron chi connectivity index (χ0n) is 12.2. The quantitative estimate of drug-likeness (QED) is 0.608. The fourth-order valence-electron chi connectivity index (χ4n) is 2.57. The molecule has 0 saturated heterocycles. The summed E-state index contributed by atoms with van der Waals surface area (Å²) >= 11 is 0. The SMILES string of the molecule is O=C(Nc1ccc2nccnc2c1)c1ccc2ccccc2c1. The van der Waals surface area contributed by atoms with Crippen LogP contribution in [0.4, 0.5) is 5.69 Å². The van der Waals surface area contributed by atoms with Gasteiger partial charge >= 0.3 is 0 Å². The van der Waals surface area contributed by atoms with Crippen LogP contribution in [0.3, 0.4) is 0 Å². The summed E-state index contributed by atoms with van der Waals surface area (Å²) in [5, 5.41) is 5.07. The van der Waals surface area contributed by atoms with E-state index in [9.17, 15) is 4.79 Å². The number of hydrogen-bond donors (Lipinski definition) is 1. The van der Waals surface area contributed by atoms with Gasteiger partial charge in [-0.05, 0) is 41.1 Å². The fourth-order valence-corrected chi connectivity index (χ4v) is 2.57. The van der Waals surface area contributed by atoms with E-state index >= 15 is 0 Å². The zero-order valence-corrected chi connectivity index (χ0v) is 12.2. The molecule has 0 saturated carbocycles. The summed E-state index contributed by atoms with van der Waals surface area (Å²) in [5.74, 6) is -0.140. The minimum Gasteiger partial charge on any atom is -0.322 e. The Kier molecular flexibility index (Phi) is 3.20. The van der Waals surface area contributed by atoms with Crippen LogP contribution in [0.25, 0.3) is 21.8 Å². The Bertz CT molecular complexity index is 1030. The number of nitrogens with zero attached hydrogens (tertiary/aromatic N) is 2. The smallest absolute Gasteiger partial charge is 0.255 e. The molecular weight excluding hydrogens is 286 g/mol. The van der Waals surface area contributed by atoms with Crippen molar-refractivity contribution in [1.82, 2.24) is 9.97 Å². The highest BCUT2D eigenvalue weighted by atomic mass is 16.1. The molecule has 1 heterocycles. The molecule has 0 radical (unpaired) electrons. The van der Waals surface area contributed by atoms with E-state index in [4.69, 9.17) is 0 Å². The molecule has 0 aliphatic heterocycles. The van der Waals surface area contributed by atoms with Crippen LogP contribution in [-0.4, -0.2) is 15.9 Å². The highest BCUT2D eigenvalue weighted by molar-refractivity contribution is 6.07. The van der Waals surface area contributed by atoms with E-state index < -0.39 is 0 Å². The van der Waals surface area contributed by atoms with Crippen LogP contribution in [0, 0.1) is 0 Å². The van der Waals surface area contributed by atoms with Crippen molar-refractivity contribution in [3.05, 3.63) is 78.6 Å². The number of amides is 1. The molecular formula is C19H13N3O. The van der Waals surface area contributed by atoms with Gasteiger partial charge in [0, 0.05) is 23.6 Å². The molecule has 1 aromatic heterocycles. The van der Waals surface area contributed by atoms with Crippen molar-refractivity contribution >= 4 is 33.4 Å². The third-order valence-corrected chi connectivity index (χ3v) is 3.74. The van der Waals surface area contributed by atoms with Crippen LogP contribution in [0.2, 0.25) is 0 Å². The molecule has 23 heavy (non-hydrogen) atoms. The van der Waals surface area contributed by atoms with Crippen molar-refractivity contribution < 1.29 is 4.79 Å². The Labute approximate surface area is 132 Å². The summed E-state index contributed by atoms with van der Waals surface area (Å²) in [4.78, 5) is 20.9. The van der Waals surface area contributed by atoms with Crippen LogP contribution >= 0.6 is 0 Å². The van der Waals surface area contributed by atoms with Crippen molar-refractivity contribution in [3.63, 3.8) is 0 Å². The normalized spacial score (nSPS) is 10.8. The lowest BCUT2D eigenvalue weighted by Gasteiger charge is -2.07. The van der Waals surface area contributed by atoms with Gasteiger partial charge in [-0.2, -0.15) is 0 Å². The van der Waals surface area contributed by atoms with E-state index in [1.165, 1.54) is 0 Å². The Morgan fingerprint density at radius 1 is 0.783 bits per heavy atom. The van der Waals surface area contributed by atoms with E-state index in [-0.39, 0.29) is 5.91 Å². The first-order valence-electron chi connectivity index (χ1n) is 7.30. The van der Waals surface area contributed by atoms with Gasteiger partial charge in [0.25, 0.3) is 5.91 Å². The molecule has 0 unspecified atom stereocenters. The lowest BCUT2D eigenvalue weighted by Crippen LogP contribution is -2.11. The molecule has 110 valence electrons. The highest BCUT2D eigenvalue weighted by Gasteiger charge is 2.07. The number of carbonyl (C=O) groups excluding carboxylic acids is 1. The van der Waals surface area contributed by atoms with E-state index in [1.54, 1.807) is 12.4 Å². The predicted molar refractivity (Wildman–Crippen MR) is 91.4 cm³/mol. The number of carbonyl (C=O) groups is 1. The van der Waals surface area contributed by atoms with Crippen molar-refractivity contribution in [2.24, 2.45) is 0 Å². The molecule has 0 bridgehead atoms. The summed E-state index contributed by atoms with van der Waals surface area (Å²) in [6, 6.07) is 19.1. The van der Waals surface area contributed by atoms with Crippen LogP contribution in [0.1, 0.15) is 10.4 Å². The zero-order chi connectivity index (χ0) is 15.6. The molecule has 0 atom stereocenters. The molecule has 0 aliphatic rings.